The fraction of sp³-hybridized carbons (Fsp3) is 0.167. The molecule has 0 spiro atoms. The van der Waals surface area contributed by atoms with Gasteiger partial charge < -0.3 is 9.84 Å². The number of fused-ring (bicyclic) bond motifs is 3. The predicted molar refractivity (Wildman–Crippen MR) is 63.2 cm³/mol. The number of carboxylic acids is 1. The summed E-state index contributed by atoms with van der Waals surface area (Å²) in [7, 11) is 0. The monoisotopic (exact) mass is 247 g/mol. The van der Waals surface area contributed by atoms with E-state index in [1.165, 1.54) is 11.3 Å². The normalized spacial score (nSPS) is 12.5. The van der Waals surface area contributed by atoms with E-state index >= 15 is 0 Å². The zero-order valence-corrected chi connectivity index (χ0v) is 9.66. The summed E-state index contributed by atoms with van der Waals surface area (Å²) < 4.78 is 5.59. The number of thiazole rings is 1. The summed E-state index contributed by atoms with van der Waals surface area (Å²) in [6, 6.07) is 7.67. The van der Waals surface area contributed by atoms with Crippen molar-refractivity contribution in [3.05, 3.63) is 34.2 Å². The van der Waals surface area contributed by atoms with E-state index in [4.69, 9.17) is 9.84 Å². The van der Waals surface area contributed by atoms with Gasteiger partial charge in [-0.3, -0.25) is 4.79 Å². The number of ether oxygens (including phenoxy) is 1. The van der Waals surface area contributed by atoms with E-state index in [0.717, 1.165) is 21.9 Å². The number of aliphatic carboxylic acids is 1. The van der Waals surface area contributed by atoms with E-state index in [0.29, 0.717) is 11.6 Å². The molecule has 0 saturated carbocycles. The maximum Gasteiger partial charge on any atom is 0.310 e. The molecule has 0 fully saturated rings. The quantitative estimate of drug-likeness (QED) is 0.884. The molecule has 0 atom stereocenters. The minimum Gasteiger partial charge on any atom is -0.487 e. The number of benzene rings is 1. The van der Waals surface area contributed by atoms with Gasteiger partial charge in [-0.15, -0.1) is 11.3 Å². The summed E-state index contributed by atoms with van der Waals surface area (Å²) in [5, 5.41) is 9.39. The van der Waals surface area contributed by atoms with Crippen LogP contribution >= 0.6 is 11.3 Å². The Morgan fingerprint density at radius 3 is 3.12 bits per heavy atom. The van der Waals surface area contributed by atoms with E-state index in [-0.39, 0.29) is 6.42 Å². The van der Waals surface area contributed by atoms with Crippen LogP contribution in [0.25, 0.3) is 11.3 Å². The lowest BCUT2D eigenvalue weighted by Gasteiger charge is -2.15. The molecule has 17 heavy (non-hydrogen) atoms. The number of hydrogen-bond acceptors (Lipinski definition) is 4. The SMILES string of the molecule is O=C(O)Cc1nc2c(s1)COc1ccccc1-2. The Hall–Kier alpha value is -1.88. The highest BCUT2D eigenvalue weighted by molar-refractivity contribution is 7.12. The first-order valence-electron chi connectivity index (χ1n) is 5.16. The molecule has 0 bridgehead atoms. The van der Waals surface area contributed by atoms with Crippen LogP contribution in [0.2, 0.25) is 0 Å². The van der Waals surface area contributed by atoms with Gasteiger partial charge in [0.05, 0.1) is 17.0 Å². The second kappa shape index (κ2) is 3.85. The molecule has 1 aliphatic heterocycles. The number of hydrogen-bond donors (Lipinski definition) is 1. The Labute approximate surface area is 102 Å². The molecule has 4 nitrogen and oxygen atoms in total. The molecule has 0 unspecified atom stereocenters. The molecular weight excluding hydrogens is 238 g/mol. The maximum absolute atomic E-state index is 10.7. The van der Waals surface area contributed by atoms with Gasteiger partial charge in [0, 0.05) is 5.56 Å². The Morgan fingerprint density at radius 1 is 1.47 bits per heavy atom. The number of aromatic nitrogens is 1. The fourth-order valence-electron chi connectivity index (χ4n) is 1.85. The van der Waals surface area contributed by atoms with Gasteiger partial charge in [-0.1, -0.05) is 12.1 Å². The van der Waals surface area contributed by atoms with Crippen LogP contribution in [0.1, 0.15) is 9.88 Å². The van der Waals surface area contributed by atoms with Crippen LogP contribution in [0.15, 0.2) is 24.3 Å². The highest BCUT2D eigenvalue weighted by Crippen LogP contribution is 2.39. The van der Waals surface area contributed by atoms with Crippen molar-refractivity contribution >= 4 is 17.3 Å². The topological polar surface area (TPSA) is 59.4 Å². The smallest absolute Gasteiger partial charge is 0.310 e. The van der Waals surface area contributed by atoms with E-state index in [1.807, 2.05) is 24.3 Å². The molecular formula is C12H9NO3S. The highest BCUT2D eigenvalue weighted by Gasteiger charge is 2.22. The molecule has 0 amide bonds. The molecule has 1 aromatic heterocycles. The number of para-hydroxylation sites is 1. The van der Waals surface area contributed by atoms with E-state index in [1.54, 1.807) is 0 Å². The lowest BCUT2D eigenvalue weighted by Crippen LogP contribution is -2.02. The lowest BCUT2D eigenvalue weighted by atomic mass is 10.1. The van der Waals surface area contributed by atoms with E-state index in [9.17, 15) is 4.79 Å². The summed E-state index contributed by atoms with van der Waals surface area (Å²) in [4.78, 5) is 16.1. The van der Waals surface area contributed by atoms with Gasteiger partial charge in [0.15, 0.2) is 0 Å². The van der Waals surface area contributed by atoms with E-state index in [2.05, 4.69) is 4.98 Å². The largest absolute Gasteiger partial charge is 0.487 e. The number of rotatable bonds is 2. The van der Waals surface area contributed by atoms with Crippen LogP contribution in [0.4, 0.5) is 0 Å². The van der Waals surface area contributed by atoms with Crippen LogP contribution in [-0.4, -0.2) is 16.1 Å². The molecule has 2 heterocycles. The van der Waals surface area contributed by atoms with Gasteiger partial charge in [-0.2, -0.15) is 0 Å². The van der Waals surface area contributed by atoms with Crippen LogP contribution < -0.4 is 4.74 Å². The first-order chi connectivity index (χ1) is 8.24. The summed E-state index contributed by atoms with van der Waals surface area (Å²) in [6.07, 6.45) is -0.0279. The van der Waals surface area contributed by atoms with Gasteiger partial charge >= 0.3 is 5.97 Å². The van der Waals surface area contributed by atoms with Crippen LogP contribution in [0.3, 0.4) is 0 Å². The number of nitrogens with zero attached hydrogens (tertiary/aromatic N) is 1. The Bertz CT molecular complexity index is 591. The molecule has 0 radical (unpaired) electrons. The molecule has 1 N–H and O–H groups in total. The third-order valence-electron chi connectivity index (χ3n) is 2.55. The molecule has 2 aromatic rings. The minimum atomic E-state index is -0.856. The first kappa shape index (κ1) is 10.3. The Kier molecular flexibility index (Phi) is 2.33. The number of carboxylic acid groups (broad SMARTS) is 1. The standard InChI is InChI=1S/C12H9NO3S/c14-11(15)5-10-13-12-7-3-1-2-4-8(7)16-6-9(12)17-10/h1-4H,5-6H2,(H,14,15). The van der Waals surface area contributed by atoms with Crippen molar-refractivity contribution in [2.24, 2.45) is 0 Å². The fourth-order valence-corrected chi connectivity index (χ4v) is 2.83. The van der Waals surface area contributed by atoms with Gasteiger partial charge in [0.25, 0.3) is 0 Å². The second-order valence-corrected chi connectivity index (χ2v) is 4.90. The van der Waals surface area contributed by atoms with Crippen molar-refractivity contribution in [3.63, 3.8) is 0 Å². The third-order valence-corrected chi connectivity index (χ3v) is 3.57. The van der Waals surface area contributed by atoms with Crippen molar-refractivity contribution in [2.75, 3.05) is 0 Å². The van der Waals surface area contributed by atoms with Gasteiger partial charge in [0.2, 0.25) is 0 Å². The van der Waals surface area contributed by atoms with Crippen molar-refractivity contribution in [2.45, 2.75) is 13.0 Å². The van der Waals surface area contributed by atoms with Gasteiger partial charge in [0.1, 0.15) is 17.4 Å². The summed E-state index contributed by atoms with van der Waals surface area (Å²) in [5.41, 5.74) is 1.81. The lowest BCUT2D eigenvalue weighted by molar-refractivity contribution is -0.136. The Balaban J connectivity index is 2.07. The molecule has 86 valence electrons. The van der Waals surface area contributed by atoms with Gasteiger partial charge in [-0.05, 0) is 12.1 Å². The first-order valence-corrected chi connectivity index (χ1v) is 5.98. The summed E-state index contributed by atoms with van der Waals surface area (Å²) in [6.45, 7) is 0.476. The predicted octanol–water partition coefficient (Wildman–Crippen LogP) is 2.33. The van der Waals surface area contributed by atoms with Crippen molar-refractivity contribution in [1.82, 2.24) is 4.98 Å². The average molecular weight is 247 g/mol. The minimum absolute atomic E-state index is 0.0279. The van der Waals surface area contributed by atoms with E-state index < -0.39 is 5.97 Å². The Morgan fingerprint density at radius 2 is 2.29 bits per heavy atom. The zero-order valence-electron chi connectivity index (χ0n) is 8.84. The molecule has 3 rings (SSSR count). The average Bonchev–Trinajstić information content (AvgIpc) is 2.70. The van der Waals surface area contributed by atoms with Gasteiger partial charge in [-0.25, -0.2) is 4.98 Å². The van der Waals surface area contributed by atoms with Crippen molar-refractivity contribution in [3.8, 4) is 17.0 Å². The number of carbonyl (C=O) groups is 1. The molecule has 0 saturated heterocycles. The summed E-state index contributed by atoms with van der Waals surface area (Å²) in [5.74, 6) is -0.0440. The van der Waals surface area contributed by atoms with Crippen molar-refractivity contribution in [1.29, 1.82) is 0 Å². The van der Waals surface area contributed by atoms with Crippen LogP contribution in [-0.2, 0) is 17.8 Å². The molecule has 1 aromatic carbocycles. The third kappa shape index (κ3) is 1.78. The highest BCUT2D eigenvalue weighted by atomic mass is 32.1. The van der Waals surface area contributed by atoms with Crippen LogP contribution in [0.5, 0.6) is 5.75 Å². The summed E-state index contributed by atoms with van der Waals surface area (Å²) >= 11 is 1.41. The molecule has 1 aliphatic rings. The molecule has 5 heteroatoms. The zero-order chi connectivity index (χ0) is 11.8. The second-order valence-electron chi connectivity index (χ2n) is 3.73. The molecule has 0 aliphatic carbocycles. The van der Waals surface area contributed by atoms with Crippen LogP contribution in [0, 0.1) is 0 Å². The van der Waals surface area contributed by atoms with Crippen molar-refractivity contribution < 1.29 is 14.6 Å². The maximum atomic E-state index is 10.7.